The minimum atomic E-state index is -0.353. The van der Waals surface area contributed by atoms with Crippen LogP contribution < -0.4 is 10.1 Å². The summed E-state index contributed by atoms with van der Waals surface area (Å²) in [5.74, 6) is 0.138. The van der Waals surface area contributed by atoms with E-state index in [0.29, 0.717) is 28.7 Å². The van der Waals surface area contributed by atoms with Crippen molar-refractivity contribution in [2.75, 3.05) is 12.9 Å². The first-order valence-electron chi connectivity index (χ1n) is 13.7. The van der Waals surface area contributed by atoms with Crippen molar-refractivity contribution in [3.63, 3.8) is 0 Å². The van der Waals surface area contributed by atoms with Crippen LogP contribution in [0.1, 0.15) is 39.1 Å². The third-order valence-corrected chi connectivity index (χ3v) is 8.86. The lowest BCUT2D eigenvalue weighted by atomic mass is 10.0. The van der Waals surface area contributed by atoms with Crippen molar-refractivity contribution in [2.45, 2.75) is 24.2 Å². The Morgan fingerprint density at radius 2 is 1.77 bits per heavy atom. The van der Waals surface area contributed by atoms with Gasteiger partial charge in [0.2, 0.25) is 0 Å². The van der Waals surface area contributed by atoms with Crippen LogP contribution in [0, 0.1) is 5.82 Å². The molecule has 1 N–H and O–H groups in total. The summed E-state index contributed by atoms with van der Waals surface area (Å²) in [6.45, 7) is 0.0977. The van der Waals surface area contributed by atoms with E-state index >= 15 is 0 Å². The number of methoxy groups -OCH3 is 1. The van der Waals surface area contributed by atoms with E-state index in [1.54, 1.807) is 47.7 Å². The second kappa shape index (κ2) is 13.2. The predicted molar refractivity (Wildman–Crippen MR) is 168 cm³/mol. The van der Waals surface area contributed by atoms with Crippen LogP contribution in [0.3, 0.4) is 0 Å². The highest BCUT2D eigenvalue weighted by molar-refractivity contribution is 7.99. The highest BCUT2D eigenvalue weighted by Gasteiger charge is 2.33. The van der Waals surface area contributed by atoms with Gasteiger partial charge in [0.05, 0.1) is 41.6 Å². The number of ether oxygens (including phenoxy) is 1. The van der Waals surface area contributed by atoms with Gasteiger partial charge in [-0.25, -0.2) is 9.40 Å². The summed E-state index contributed by atoms with van der Waals surface area (Å²) in [6, 6.07) is 26.2. The van der Waals surface area contributed by atoms with Gasteiger partial charge in [-0.3, -0.25) is 14.2 Å². The summed E-state index contributed by atoms with van der Waals surface area (Å²) in [5.41, 5.74) is 2.82. The Hall–Kier alpha value is -4.81. The van der Waals surface area contributed by atoms with E-state index < -0.39 is 0 Å². The molecule has 0 radical (unpaired) electrons. The molecule has 1 atom stereocenters. The van der Waals surface area contributed by atoms with Crippen LogP contribution in [0.2, 0.25) is 0 Å². The molecule has 9 nitrogen and oxygen atoms in total. The molecule has 12 heteroatoms. The SMILES string of the molecule is COc1ccccc1C(=O)NCc1nnc(SCC(=O)N2N=C(c3cccs3)C[C@@H]2c2ccc(F)cc2)n1-c1ccccc1. The molecular weight excluding hydrogens is 600 g/mol. The van der Waals surface area contributed by atoms with Crippen LogP contribution in [-0.2, 0) is 11.3 Å². The molecule has 3 heterocycles. The number of hydrazone groups is 1. The molecule has 2 amide bonds. The fraction of sp³-hybridized carbons (Fsp3) is 0.156. The number of aromatic nitrogens is 3. The zero-order valence-corrected chi connectivity index (χ0v) is 25.2. The highest BCUT2D eigenvalue weighted by atomic mass is 32.2. The average Bonchev–Trinajstić information content (AvgIpc) is 3.83. The lowest BCUT2D eigenvalue weighted by Gasteiger charge is -2.22. The Morgan fingerprint density at radius 3 is 2.52 bits per heavy atom. The molecule has 6 rings (SSSR count). The van der Waals surface area contributed by atoms with Gasteiger partial charge in [-0.15, -0.1) is 21.5 Å². The van der Waals surface area contributed by atoms with E-state index in [0.717, 1.165) is 21.8 Å². The second-order valence-electron chi connectivity index (χ2n) is 9.78. The molecule has 5 aromatic rings. The number of carbonyl (C=O) groups is 2. The smallest absolute Gasteiger partial charge is 0.255 e. The number of benzene rings is 3. The van der Waals surface area contributed by atoms with Gasteiger partial charge < -0.3 is 10.1 Å². The Morgan fingerprint density at radius 1 is 1.00 bits per heavy atom. The van der Waals surface area contributed by atoms with Gasteiger partial charge in [0.15, 0.2) is 11.0 Å². The number of halogens is 1. The maximum Gasteiger partial charge on any atom is 0.255 e. The molecule has 0 saturated carbocycles. The Balaban J connectivity index is 1.22. The van der Waals surface area contributed by atoms with Crippen LogP contribution in [0.4, 0.5) is 4.39 Å². The third kappa shape index (κ3) is 6.26. The summed E-state index contributed by atoms with van der Waals surface area (Å²) in [6.07, 6.45) is 0.527. The molecule has 2 aromatic heterocycles. The van der Waals surface area contributed by atoms with Crippen molar-refractivity contribution < 1.29 is 18.7 Å². The number of nitrogens with one attached hydrogen (secondary N) is 1. The van der Waals surface area contributed by atoms with Gasteiger partial charge in [0.25, 0.3) is 11.8 Å². The maximum atomic E-state index is 13.7. The minimum Gasteiger partial charge on any atom is -0.496 e. The number of para-hydroxylation sites is 2. The number of thioether (sulfide) groups is 1. The third-order valence-electron chi connectivity index (χ3n) is 7.02. The molecule has 1 aliphatic heterocycles. The lowest BCUT2D eigenvalue weighted by molar-refractivity contribution is -0.130. The lowest BCUT2D eigenvalue weighted by Crippen LogP contribution is -2.28. The summed E-state index contributed by atoms with van der Waals surface area (Å²) in [7, 11) is 1.52. The molecule has 222 valence electrons. The van der Waals surface area contributed by atoms with E-state index in [2.05, 4.69) is 15.5 Å². The quantitative estimate of drug-likeness (QED) is 0.195. The van der Waals surface area contributed by atoms with Crippen LogP contribution in [0.5, 0.6) is 5.75 Å². The van der Waals surface area contributed by atoms with E-state index in [4.69, 9.17) is 9.84 Å². The average molecular weight is 627 g/mol. The van der Waals surface area contributed by atoms with Gasteiger partial charge in [-0.05, 0) is 53.4 Å². The minimum absolute atomic E-state index is 0.0391. The summed E-state index contributed by atoms with van der Waals surface area (Å²) in [4.78, 5) is 27.6. The van der Waals surface area contributed by atoms with Crippen LogP contribution in [-0.4, -0.2) is 50.2 Å². The molecule has 0 spiro atoms. The Kier molecular flexibility index (Phi) is 8.80. The van der Waals surface area contributed by atoms with Gasteiger partial charge in [-0.2, -0.15) is 5.10 Å². The molecule has 0 fully saturated rings. The Labute approximate surface area is 261 Å². The van der Waals surface area contributed by atoms with Gasteiger partial charge >= 0.3 is 0 Å². The first-order chi connectivity index (χ1) is 21.5. The van der Waals surface area contributed by atoms with Crippen molar-refractivity contribution in [1.29, 1.82) is 0 Å². The standard InChI is InChI=1S/C32H27FN6O3S2/c1-42-27-11-6-5-10-24(27)31(41)34-19-29-35-36-32(38(29)23-8-3-2-4-9-23)44-20-30(40)39-26(21-13-15-22(33)16-14-21)18-25(37-39)28-12-7-17-43-28/h2-17,26H,18-20H2,1H3,(H,34,41)/t26-/m1/s1. The number of amides is 2. The first-order valence-corrected chi connectivity index (χ1v) is 15.6. The van der Waals surface area contributed by atoms with E-state index in [9.17, 15) is 14.0 Å². The largest absolute Gasteiger partial charge is 0.496 e. The van der Waals surface area contributed by atoms with Crippen molar-refractivity contribution in [3.8, 4) is 11.4 Å². The fourth-order valence-corrected chi connectivity index (χ4v) is 6.44. The highest BCUT2D eigenvalue weighted by Crippen LogP contribution is 2.35. The van der Waals surface area contributed by atoms with E-state index in [-0.39, 0.29) is 36.0 Å². The number of hydrogen-bond acceptors (Lipinski definition) is 8. The topological polar surface area (TPSA) is 102 Å². The van der Waals surface area contributed by atoms with Crippen LogP contribution in [0.15, 0.2) is 107 Å². The van der Waals surface area contributed by atoms with Crippen molar-refractivity contribution in [1.82, 2.24) is 25.1 Å². The zero-order valence-electron chi connectivity index (χ0n) is 23.6. The number of rotatable bonds is 10. The Bertz CT molecular complexity index is 1790. The molecule has 0 bridgehead atoms. The van der Waals surface area contributed by atoms with Crippen molar-refractivity contribution in [3.05, 3.63) is 124 Å². The fourth-order valence-electron chi connectivity index (χ4n) is 4.90. The summed E-state index contributed by atoms with van der Waals surface area (Å²) < 4.78 is 20.8. The molecular formula is C32H27FN6O3S2. The molecule has 0 saturated heterocycles. The maximum absolute atomic E-state index is 13.7. The van der Waals surface area contributed by atoms with Crippen LogP contribution in [0.25, 0.3) is 5.69 Å². The summed E-state index contributed by atoms with van der Waals surface area (Å²) >= 11 is 2.79. The van der Waals surface area contributed by atoms with Crippen molar-refractivity contribution in [2.24, 2.45) is 5.10 Å². The van der Waals surface area contributed by atoms with Gasteiger partial charge in [0.1, 0.15) is 11.6 Å². The second-order valence-corrected chi connectivity index (χ2v) is 11.7. The number of thiophene rings is 1. The normalized spacial score (nSPS) is 14.4. The molecule has 0 unspecified atom stereocenters. The van der Waals surface area contributed by atoms with Gasteiger partial charge in [0, 0.05) is 12.1 Å². The molecule has 44 heavy (non-hydrogen) atoms. The van der Waals surface area contributed by atoms with Gasteiger partial charge in [-0.1, -0.05) is 60.3 Å². The molecule has 1 aliphatic rings. The first kappa shape index (κ1) is 29.3. The monoisotopic (exact) mass is 626 g/mol. The van der Waals surface area contributed by atoms with E-state index in [1.807, 2.05) is 52.4 Å². The number of nitrogens with zero attached hydrogens (tertiary/aromatic N) is 5. The van der Waals surface area contributed by atoms with Crippen molar-refractivity contribution >= 4 is 40.6 Å². The zero-order chi connectivity index (χ0) is 30.5. The predicted octanol–water partition coefficient (Wildman–Crippen LogP) is 5.88. The van der Waals surface area contributed by atoms with E-state index in [1.165, 1.54) is 36.0 Å². The number of carbonyl (C=O) groups excluding carboxylic acids is 2. The molecule has 0 aliphatic carbocycles. The summed E-state index contributed by atoms with van der Waals surface area (Å²) in [5, 5.41) is 20.3. The molecule has 3 aromatic carbocycles. The number of hydrogen-bond donors (Lipinski definition) is 1. The van der Waals surface area contributed by atoms with Crippen LogP contribution >= 0.6 is 23.1 Å².